The molecule has 5 rings (SSSR count). The van der Waals surface area contributed by atoms with Crippen molar-refractivity contribution in [3.05, 3.63) is 86.7 Å². The van der Waals surface area contributed by atoms with Crippen LogP contribution in [0.2, 0.25) is 10.0 Å². The average molecular weight is 567 g/mol. The van der Waals surface area contributed by atoms with Gasteiger partial charge in [-0.2, -0.15) is 0 Å². The molecule has 2 heterocycles. The van der Waals surface area contributed by atoms with Gasteiger partial charge in [0.15, 0.2) is 0 Å². The Morgan fingerprint density at radius 1 is 0.949 bits per heavy atom. The van der Waals surface area contributed by atoms with E-state index in [4.69, 9.17) is 23.2 Å². The summed E-state index contributed by atoms with van der Waals surface area (Å²) in [4.78, 5) is 35.0. The SMILES string of the molecule is Cc1cc(N2CCC(N(C)C(=O)c3ccc4c(c3)C(NC(=O)Nc3cc(Cl)cc(Cl)c3)CC4)CC2)cc(C)n1. The van der Waals surface area contributed by atoms with Gasteiger partial charge in [0.1, 0.15) is 0 Å². The Hall–Kier alpha value is -3.29. The Bertz CT molecular complexity index is 1360. The van der Waals surface area contributed by atoms with Crippen LogP contribution in [-0.4, -0.2) is 48.0 Å². The van der Waals surface area contributed by atoms with Gasteiger partial charge in [-0.25, -0.2) is 4.79 Å². The van der Waals surface area contributed by atoms with E-state index in [-0.39, 0.29) is 24.0 Å². The highest BCUT2D eigenvalue weighted by Crippen LogP contribution is 2.33. The molecule has 0 saturated carbocycles. The number of halogens is 2. The maximum atomic E-state index is 13.5. The van der Waals surface area contributed by atoms with Crippen LogP contribution in [0.25, 0.3) is 0 Å². The number of amides is 3. The minimum Gasteiger partial charge on any atom is -0.371 e. The standard InChI is InChI=1S/C30H33Cl2N5O2/c1-18-12-26(13-19(2)33-18)37-10-8-25(9-11-37)36(3)29(38)21-5-4-20-6-7-28(27(20)14-21)35-30(39)34-24-16-22(31)15-23(32)17-24/h4-5,12-17,25,28H,6-11H2,1-3H3,(H2,34,35,39). The lowest BCUT2D eigenvalue weighted by Gasteiger charge is -2.38. The third-order valence-electron chi connectivity index (χ3n) is 7.66. The van der Waals surface area contributed by atoms with Crippen LogP contribution in [0.1, 0.15) is 58.2 Å². The fraction of sp³-hybridized carbons (Fsp3) is 0.367. The van der Waals surface area contributed by atoms with Crippen molar-refractivity contribution in [1.82, 2.24) is 15.2 Å². The molecule has 3 aromatic rings. The lowest BCUT2D eigenvalue weighted by atomic mass is 10.00. The summed E-state index contributed by atoms with van der Waals surface area (Å²) < 4.78 is 0. The summed E-state index contributed by atoms with van der Waals surface area (Å²) in [6, 6.07) is 14.7. The van der Waals surface area contributed by atoms with Crippen LogP contribution in [0, 0.1) is 13.8 Å². The first-order valence-corrected chi connectivity index (χ1v) is 14.1. The van der Waals surface area contributed by atoms with Crippen molar-refractivity contribution < 1.29 is 9.59 Å². The van der Waals surface area contributed by atoms with Gasteiger partial charge in [-0.15, -0.1) is 0 Å². The van der Waals surface area contributed by atoms with Gasteiger partial charge in [-0.1, -0.05) is 29.3 Å². The van der Waals surface area contributed by atoms with Crippen molar-refractivity contribution in [2.24, 2.45) is 0 Å². The van der Waals surface area contributed by atoms with E-state index in [9.17, 15) is 9.59 Å². The first-order valence-electron chi connectivity index (χ1n) is 13.3. The third kappa shape index (κ3) is 6.31. The fourth-order valence-corrected chi connectivity index (χ4v) is 6.24. The molecule has 0 spiro atoms. The van der Waals surface area contributed by atoms with Gasteiger partial charge in [0.05, 0.1) is 6.04 Å². The van der Waals surface area contributed by atoms with Crippen molar-refractivity contribution in [1.29, 1.82) is 0 Å². The molecule has 1 aromatic heterocycles. The number of benzene rings is 2. The summed E-state index contributed by atoms with van der Waals surface area (Å²) in [5.41, 5.74) is 6.56. The molecular formula is C30H33Cl2N5O2. The van der Waals surface area contributed by atoms with Crippen molar-refractivity contribution in [3.63, 3.8) is 0 Å². The summed E-state index contributed by atoms with van der Waals surface area (Å²) in [5.74, 6) is 0.00974. The van der Waals surface area contributed by atoms with E-state index in [1.165, 1.54) is 5.69 Å². The van der Waals surface area contributed by atoms with Crippen LogP contribution in [0.4, 0.5) is 16.2 Å². The highest BCUT2D eigenvalue weighted by atomic mass is 35.5. The van der Waals surface area contributed by atoms with Crippen molar-refractivity contribution in [2.75, 3.05) is 30.4 Å². The Balaban J connectivity index is 1.21. The number of nitrogens with one attached hydrogen (secondary N) is 2. The van der Waals surface area contributed by atoms with Gasteiger partial charge in [0.2, 0.25) is 0 Å². The average Bonchev–Trinajstić information content (AvgIpc) is 3.28. The number of carbonyl (C=O) groups excluding carboxylic acids is 2. The van der Waals surface area contributed by atoms with E-state index in [1.807, 2.05) is 44.0 Å². The Morgan fingerprint density at radius 3 is 2.28 bits per heavy atom. The van der Waals surface area contributed by atoms with Crippen LogP contribution in [0.15, 0.2) is 48.5 Å². The van der Waals surface area contributed by atoms with E-state index in [0.29, 0.717) is 21.3 Å². The quantitative estimate of drug-likeness (QED) is 0.367. The molecule has 1 aliphatic carbocycles. The van der Waals surface area contributed by atoms with Gasteiger partial charge in [-0.3, -0.25) is 9.78 Å². The summed E-state index contributed by atoms with van der Waals surface area (Å²) in [7, 11) is 1.90. The second kappa shape index (κ2) is 11.4. The van der Waals surface area contributed by atoms with Crippen molar-refractivity contribution in [3.8, 4) is 0 Å². The zero-order valence-electron chi connectivity index (χ0n) is 22.4. The Kier molecular flexibility index (Phi) is 8.01. The summed E-state index contributed by atoms with van der Waals surface area (Å²) in [5, 5.41) is 6.74. The number of piperidine rings is 1. The largest absolute Gasteiger partial charge is 0.371 e. The third-order valence-corrected chi connectivity index (χ3v) is 8.10. The lowest BCUT2D eigenvalue weighted by Crippen LogP contribution is -2.45. The molecule has 0 bridgehead atoms. The number of fused-ring (bicyclic) bond motifs is 1. The van der Waals surface area contributed by atoms with Gasteiger partial charge in [-0.05, 0) is 93.1 Å². The lowest BCUT2D eigenvalue weighted by molar-refractivity contribution is 0.0709. The molecule has 3 amide bonds. The molecule has 1 unspecified atom stereocenters. The highest BCUT2D eigenvalue weighted by molar-refractivity contribution is 6.35. The molecule has 7 nitrogen and oxygen atoms in total. The van der Waals surface area contributed by atoms with Crippen LogP contribution in [0.3, 0.4) is 0 Å². The maximum absolute atomic E-state index is 13.5. The molecule has 9 heteroatoms. The summed E-state index contributed by atoms with van der Waals surface area (Å²) >= 11 is 12.1. The zero-order chi connectivity index (χ0) is 27.7. The van der Waals surface area contributed by atoms with Crippen LogP contribution in [-0.2, 0) is 6.42 Å². The number of rotatable bonds is 5. The number of nitrogens with zero attached hydrogens (tertiary/aromatic N) is 3. The van der Waals surface area contributed by atoms with Gasteiger partial charge < -0.3 is 20.4 Å². The number of hydrogen-bond donors (Lipinski definition) is 2. The van der Waals surface area contributed by atoms with Gasteiger partial charge in [0.25, 0.3) is 5.91 Å². The highest BCUT2D eigenvalue weighted by Gasteiger charge is 2.29. The minimum atomic E-state index is -0.341. The topological polar surface area (TPSA) is 77.6 Å². The predicted molar refractivity (Wildman–Crippen MR) is 157 cm³/mol. The number of urea groups is 1. The second-order valence-electron chi connectivity index (χ2n) is 10.5. The van der Waals surface area contributed by atoms with E-state index in [2.05, 4.69) is 32.7 Å². The molecule has 2 N–H and O–H groups in total. The molecule has 204 valence electrons. The van der Waals surface area contributed by atoms with E-state index < -0.39 is 0 Å². The molecule has 39 heavy (non-hydrogen) atoms. The molecule has 1 atom stereocenters. The molecule has 1 saturated heterocycles. The first-order chi connectivity index (χ1) is 18.7. The van der Waals surface area contributed by atoms with Gasteiger partial charge in [0, 0.05) is 64.6 Å². The molecule has 1 aliphatic heterocycles. The molecule has 1 fully saturated rings. The number of aryl methyl sites for hydroxylation is 3. The second-order valence-corrected chi connectivity index (χ2v) is 11.4. The Morgan fingerprint density at radius 2 is 1.62 bits per heavy atom. The zero-order valence-corrected chi connectivity index (χ0v) is 23.9. The maximum Gasteiger partial charge on any atom is 0.319 e. The first kappa shape index (κ1) is 27.3. The predicted octanol–water partition coefficient (Wildman–Crippen LogP) is 6.56. The van der Waals surface area contributed by atoms with E-state index >= 15 is 0 Å². The van der Waals surface area contributed by atoms with Crippen LogP contribution in [0.5, 0.6) is 0 Å². The van der Waals surface area contributed by atoms with E-state index in [0.717, 1.165) is 61.3 Å². The van der Waals surface area contributed by atoms with Crippen molar-refractivity contribution in [2.45, 2.75) is 51.6 Å². The number of aromatic nitrogens is 1. The monoisotopic (exact) mass is 565 g/mol. The normalized spacial score (nSPS) is 17.1. The Labute approximate surface area is 239 Å². The molecule has 0 radical (unpaired) electrons. The van der Waals surface area contributed by atoms with Crippen LogP contribution >= 0.6 is 23.2 Å². The molecule has 2 aromatic carbocycles. The number of pyridine rings is 1. The van der Waals surface area contributed by atoms with E-state index in [1.54, 1.807) is 18.2 Å². The number of carbonyl (C=O) groups is 2. The summed E-state index contributed by atoms with van der Waals surface area (Å²) in [6.45, 7) is 5.84. The van der Waals surface area contributed by atoms with Crippen molar-refractivity contribution >= 4 is 46.5 Å². The fourth-order valence-electron chi connectivity index (χ4n) is 5.71. The summed E-state index contributed by atoms with van der Waals surface area (Å²) in [6.07, 6.45) is 3.44. The smallest absolute Gasteiger partial charge is 0.319 e. The molecule has 2 aliphatic rings. The van der Waals surface area contributed by atoms with Crippen LogP contribution < -0.4 is 15.5 Å². The van der Waals surface area contributed by atoms with Gasteiger partial charge >= 0.3 is 6.03 Å². The minimum absolute atomic E-state index is 0.00974. The number of anilines is 2. The number of hydrogen-bond acceptors (Lipinski definition) is 4. The molecular weight excluding hydrogens is 533 g/mol.